The fourth-order valence-electron chi connectivity index (χ4n) is 3.27. The maximum absolute atomic E-state index is 12.7. The molecule has 146 valence electrons. The average molecular weight is 394 g/mol. The van der Waals surface area contributed by atoms with Crippen molar-refractivity contribution in [2.24, 2.45) is 0 Å². The van der Waals surface area contributed by atoms with E-state index in [1.807, 2.05) is 30.5 Å². The van der Waals surface area contributed by atoms with Crippen molar-refractivity contribution in [3.8, 4) is 5.75 Å². The van der Waals surface area contributed by atoms with Crippen LogP contribution in [0.5, 0.6) is 5.75 Å². The minimum absolute atomic E-state index is 0.0372. The molecule has 0 bridgehead atoms. The summed E-state index contributed by atoms with van der Waals surface area (Å²) in [5.41, 5.74) is 6.94. The third-order valence-electron chi connectivity index (χ3n) is 5.07. The van der Waals surface area contributed by atoms with Gasteiger partial charge in [-0.05, 0) is 74.4 Å². The lowest BCUT2D eigenvalue weighted by Crippen LogP contribution is -2.26. The molecule has 3 aromatic rings. The van der Waals surface area contributed by atoms with E-state index in [1.165, 1.54) is 28.0 Å². The van der Waals surface area contributed by atoms with Crippen molar-refractivity contribution in [2.75, 3.05) is 0 Å². The molecule has 3 rings (SSSR count). The molecule has 1 unspecified atom stereocenters. The minimum Gasteiger partial charge on any atom is -0.489 e. The molecular weight excluding hydrogens is 366 g/mol. The highest BCUT2D eigenvalue weighted by molar-refractivity contribution is 7.12. The largest absolute Gasteiger partial charge is 0.489 e. The van der Waals surface area contributed by atoms with Gasteiger partial charge < -0.3 is 10.1 Å². The van der Waals surface area contributed by atoms with Crippen molar-refractivity contribution >= 4 is 17.2 Å². The Kier molecular flexibility index (Phi) is 6.20. The predicted molar refractivity (Wildman–Crippen MR) is 116 cm³/mol. The van der Waals surface area contributed by atoms with Gasteiger partial charge in [0.15, 0.2) is 0 Å². The van der Waals surface area contributed by atoms with E-state index in [-0.39, 0.29) is 11.9 Å². The van der Waals surface area contributed by atoms with Gasteiger partial charge in [0.1, 0.15) is 12.4 Å². The molecule has 0 saturated heterocycles. The second kappa shape index (κ2) is 8.61. The summed E-state index contributed by atoms with van der Waals surface area (Å²) in [5.74, 6) is 0.844. The van der Waals surface area contributed by atoms with Crippen molar-refractivity contribution < 1.29 is 9.53 Å². The van der Waals surface area contributed by atoms with Crippen LogP contribution in [-0.2, 0) is 6.61 Å². The Morgan fingerprint density at radius 3 is 2.61 bits per heavy atom. The van der Waals surface area contributed by atoms with Gasteiger partial charge in [0.05, 0.1) is 10.9 Å². The van der Waals surface area contributed by atoms with Crippen LogP contribution in [0.1, 0.15) is 56.0 Å². The Hall–Kier alpha value is -2.59. The van der Waals surface area contributed by atoms with E-state index in [9.17, 15) is 4.79 Å². The lowest BCUT2D eigenvalue weighted by molar-refractivity contribution is 0.0944. The number of carbonyl (C=O) groups is 1. The zero-order valence-corrected chi connectivity index (χ0v) is 17.9. The summed E-state index contributed by atoms with van der Waals surface area (Å²) >= 11 is 1.45. The first-order valence-electron chi connectivity index (χ1n) is 9.49. The standard InChI is InChI=1S/C24H27NO2S/c1-15-9-10-21(17(3)11-15)19(5)25-24(26)23-12-20(14-28-23)13-27-22-8-6-7-16(2)18(22)4/h6-12,14,19H,13H2,1-5H3,(H,25,26). The fourth-order valence-corrected chi connectivity index (χ4v) is 4.07. The normalized spacial score (nSPS) is 11.9. The molecule has 0 radical (unpaired) electrons. The molecule has 0 spiro atoms. The first-order chi connectivity index (χ1) is 13.3. The number of benzene rings is 2. The lowest BCUT2D eigenvalue weighted by atomic mass is 10.0. The number of rotatable bonds is 6. The number of hydrogen-bond acceptors (Lipinski definition) is 3. The molecule has 28 heavy (non-hydrogen) atoms. The van der Waals surface area contributed by atoms with Gasteiger partial charge in [-0.3, -0.25) is 4.79 Å². The Labute approximate surface area is 171 Å². The van der Waals surface area contributed by atoms with E-state index >= 15 is 0 Å². The number of ether oxygens (including phenoxy) is 1. The van der Waals surface area contributed by atoms with Crippen molar-refractivity contribution in [2.45, 2.75) is 47.3 Å². The molecule has 1 N–H and O–H groups in total. The molecule has 4 heteroatoms. The molecule has 0 aliphatic heterocycles. The Bertz CT molecular complexity index is 990. The first kappa shape index (κ1) is 20.2. The second-order valence-electron chi connectivity index (χ2n) is 7.36. The molecular formula is C24H27NO2S. The van der Waals surface area contributed by atoms with E-state index in [0.29, 0.717) is 11.5 Å². The van der Waals surface area contributed by atoms with Crippen molar-refractivity contribution in [3.63, 3.8) is 0 Å². The van der Waals surface area contributed by atoms with Crippen molar-refractivity contribution in [3.05, 3.63) is 86.1 Å². The molecule has 0 fully saturated rings. The van der Waals surface area contributed by atoms with Gasteiger partial charge >= 0.3 is 0 Å². The topological polar surface area (TPSA) is 38.3 Å². The molecule has 1 atom stereocenters. The summed E-state index contributed by atoms with van der Waals surface area (Å²) in [6, 6.07) is 14.3. The molecule has 1 heterocycles. The molecule has 0 aliphatic rings. The zero-order chi connectivity index (χ0) is 20.3. The Morgan fingerprint density at radius 2 is 1.86 bits per heavy atom. The summed E-state index contributed by atoms with van der Waals surface area (Å²) in [5, 5.41) is 5.10. The maximum Gasteiger partial charge on any atom is 0.261 e. The molecule has 1 aromatic heterocycles. The van der Waals surface area contributed by atoms with Gasteiger partial charge in [0.2, 0.25) is 0 Å². The Morgan fingerprint density at radius 1 is 1.07 bits per heavy atom. The Balaban J connectivity index is 1.62. The number of hydrogen-bond donors (Lipinski definition) is 1. The van der Waals surface area contributed by atoms with E-state index in [2.05, 4.69) is 57.3 Å². The molecule has 2 aromatic carbocycles. The first-order valence-corrected chi connectivity index (χ1v) is 10.4. The van der Waals surface area contributed by atoms with Gasteiger partial charge in [-0.1, -0.05) is 35.9 Å². The summed E-state index contributed by atoms with van der Waals surface area (Å²) in [7, 11) is 0. The van der Waals surface area contributed by atoms with Crippen molar-refractivity contribution in [1.82, 2.24) is 5.32 Å². The van der Waals surface area contributed by atoms with Gasteiger partial charge in [0.25, 0.3) is 5.91 Å². The predicted octanol–water partition coefficient (Wildman–Crippen LogP) is 6.05. The highest BCUT2D eigenvalue weighted by atomic mass is 32.1. The number of aryl methyl sites for hydroxylation is 3. The van der Waals surface area contributed by atoms with E-state index in [0.717, 1.165) is 22.4 Å². The number of amides is 1. The van der Waals surface area contributed by atoms with Gasteiger partial charge in [-0.25, -0.2) is 0 Å². The molecule has 3 nitrogen and oxygen atoms in total. The van der Waals surface area contributed by atoms with Crippen LogP contribution in [0, 0.1) is 27.7 Å². The lowest BCUT2D eigenvalue weighted by Gasteiger charge is -2.16. The van der Waals surface area contributed by atoms with Crippen LogP contribution >= 0.6 is 11.3 Å². The molecule has 0 saturated carbocycles. The van der Waals surface area contributed by atoms with Crippen LogP contribution in [0.3, 0.4) is 0 Å². The summed E-state index contributed by atoms with van der Waals surface area (Å²) < 4.78 is 5.95. The smallest absolute Gasteiger partial charge is 0.261 e. The maximum atomic E-state index is 12.7. The van der Waals surface area contributed by atoms with Crippen LogP contribution in [0.2, 0.25) is 0 Å². The molecule has 0 aliphatic carbocycles. The van der Waals surface area contributed by atoms with Crippen LogP contribution in [0.15, 0.2) is 47.8 Å². The van der Waals surface area contributed by atoms with Crippen LogP contribution in [-0.4, -0.2) is 5.91 Å². The quantitative estimate of drug-likeness (QED) is 0.553. The number of thiophene rings is 1. The highest BCUT2D eigenvalue weighted by Gasteiger charge is 2.15. The fraction of sp³-hybridized carbons (Fsp3) is 0.292. The van der Waals surface area contributed by atoms with Crippen LogP contribution in [0.25, 0.3) is 0 Å². The average Bonchev–Trinajstić information content (AvgIpc) is 3.12. The van der Waals surface area contributed by atoms with E-state index in [4.69, 9.17) is 4.74 Å². The summed E-state index contributed by atoms with van der Waals surface area (Å²) in [6.45, 7) is 10.8. The molecule has 1 amide bonds. The summed E-state index contributed by atoms with van der Waals surface area (Å²) in [6.07, 6.45) is 0. The van der Waals surface area contributed by atoms with Crippen molar-refractivity contribution in [1.29, 1.82) is 0 Å². The monoisotopic (exact) mass is 393 g/mol. The zero-order valence-electron chi connectivity index (χ0n) is 17.1. The SMILES string of the molecule is Cc1ccc(C(C)NC(=O)c2cc(COc3cccc(C)c3C)cs2)c(C)c1. The second-order valence-corrected chi connectivity index (χ2v) is 8.27. The minimum atomic E-state index is -0.0459. The summed E-state index contributed by atoms with van der Waals surface area (Å²) in [4.78, 5) is 13.4. The highest BCUT2D eigenvalue weighted by Crippen LogP contribution is 2.24. The van der Waals surface area contributed by atoms with Gasteiger partial charge in [-0.2, -0.15) is 0 Å². The van der Waals surface area contributed by atoms with Gasteiger partial charge in [0, 0.05) is 5.56 Å². The van der Waals surface area contributed by atoms with E-state index in [1.54, 1.807) is 0 Å². The van der Waals surface area contributed by atoms with E-state index < -0.39 is 0 Å². The van der Waals surface area contributed by atoms with Gasteiger partial charge in [-0.15, -0.1) is 11.3 Å². The number of carbonyl (C=O) groups excluding carboxylic acids is 1. The van der Waals surface area contributed by atoms with Crippen LogP contribution in [0.4, 0.5) is 0 Å². The van der Waals surface area contributed by atoms with Crippen LogP contribution < -0.4 is 10.1 Å². The third kappa shape index (κ3) is 4.63. The number of nitrogens with one attached hydrogen (secondary N) is 1. The third-order valence-corrected chi connectivity index (χ3v) is 6.04.